The first-order valence-corrected chi connectivity index (χ1v) is 2.86. The van der Waals surface area contributed by atoms with Crippen LogP contribution in [0.4, 0.5) is 0 Å². The van der Waals surface area contributed by atoms with Gasteiger partial charge in [0.1, 0.15) is 0 Å². The summed E-state index contributed by atoms with van der Waals surface area (Å²) in [6.07, 6.45) is 0. The average molecular weight is 176 g/mol. The molecule has 0 aliphatic heterocycles. The Hall–Kier alpha value is -0.591. The van der Waals surface area contributed by atoms with E-state index in [1.165, 1.54) is 0 Å². The molecule has 0 atom stereocenters. The molecule has 1 aromatic rings. The minimum atomic E-state index is 0. The molecule has 0 amide bonds. The van der Waals surface area contributed by atoms with Crippen molar-refractivity contribution in [2.24, 2.45) is 0 Å². The molecule has 0 unspecified atom stereocenters. The number of Topliss-reactive ketones (excluding diaryl/α,β-unsaturated/α-hetero) is 1. The molecule has 0 aliphatic carbocycles. The summed E-state index contributed by atoms with van der Waals surface area (Å²) in [7, 11) is 0. The van der Waals surface area contributed by atoms with Crippen LogP contribution >= 0.6 is 0 Å². The van der Waals surface area contributed by atoms with Crippen molar-refractivity contribution in [1.29, 1.82) is 0 Å². The SMILES string of the molecule is CC(=O)c1ccccc1.[Fe]. The second-order valence-electron chi connectivity index (χ2n) is 1.92. The molecule has 0 bridgehead atoms. The zero-order valence-electron chi connectivity index (χ0n) is 5.65. The molecule has 0 heterocycles. The predicted octanol–water partition coefficient (Wildman–Crippen LogP) is 1.89. The van der Waals surface area contributed by atoms with Crippen LogP contribution in [-0.2, 0) is 17.1 Å². The van der Waals surface area contributed by atoms with Crippen molar-refractivity contribution in [3.8, 4) is 0 Å². The molecule has 10 heavy (non-hydrogen) atoms. The second kappa shape index (κ2) is 4.26. The molecule has 54 valence electrons. The number of benzene rings is 1. The summed E-state index contributed by atoms with van der Waals surface area (Å²) in [4.78, 5) is 10.6. The van der Waals surface area contributed by atoms with Gasteiger partial charge >= 0.3 is 0 Å². The Morgan fingerprint density at radius 3 is 2.00 bits per heavy atom. The molecule has 2 heteroatoms. The smallest absolute Gasteiger partial charge is 0.159 e. The molecule has 0 aromatic heterocycles. The largest absolute Gasteiger partial charge is 0.295 e. The summed E-state index contributed by atoms with van der Waals surface area (Å²) < 4.78 is 0. The van der Waals surface area contributed by atoms with Gasteiger partial charge in [0.05, 0.1) is 0 Å². The van der Waals surface area contributed by atoms with Gasteiger partial charge in [-0.25, -0.2) is 0 Å². The van der Waals surface area contributed by atoms with Crippen molar-refractivity contribution in [3.63, 3.8) is 0 Å². The van der Waals surface area contributed by atoms with Crippen molar-refractivity contribution < 1.29 is 21.9 Å². The minimum Gasteiger partial charge on any atom is -0.295 e. The predicted molar refractivity (Wildman–Crippen MR) is 36.4 cm³/mol. The molecule has 0 aliphatic rings. The van der Waals surface area contributed by atoms with Gasteiger partial charge in [0.25, 0.3) is 0 Å². The molecule has 1 rings (SSSR count). The van der Waals surface area contributed by atoms with Crippen molar-refractivity contribution in [1.82, 2.24) is 0 Å². The monoisotopic (exact) mass is 176 g/mol. The first-order valence-electron chi connectivity index (χ1n) is 2.86. The molecular weight excluding hydrogens is 168 g/mol. The van der Waals surface area contributed by atoms with Crippen LogP contribution in [0, 0.1) is 0 Å². The third kappa shape index (κ3) is 2.34. The van der Waals surface area contributed by atoms with Gasteiger partial charge in [-0.05, 0) is 6.92 Å². The van der Waals surface area contributed by atoms with E-state index < -0.39 is 0 Å². The Morgan fingerprint density at radius 2 is 1.70 bits per heavy atom. The van der Waals surface area contributed by atoms with Crippen LogP contribution in [0.3, 0.4) is 0 Å². The van der Waals surface area contributed by atoms with E-state index >= 15 is 0 Å². The summed E-state index contributed by atoms with van der Waals surface area (Å²) in [5.74, 6) is 0.121. The van der Waals surface area contributed by atoms with Gasteiger partial charge in [-0.2, -0.15) is 0 Å². The molecule has 0 N–H and O–H groups in total. The Bertz CT molecular complexity index is 206. The van der Waals surface area contributed by atoms with Gasteiger partial charge in [-0.1, -0.05) is 30.3 Å². The summed E-state index contributed by atoms with van der Waals surface area (Å²) in [5, 5.41) is 0. The third-order valence-corrected chi connectivity index (χ3v) is 1.18. The normalized spacial score (nSPS) is 8.10. The molecule has 0 saturated heterocycles. The molecule has 0 spiro atoms. The summed E-state index contributed by atoms with van der Waals surface area (Å²) >= 11 is 0. The van der Waals surface area contributed by atoms with Crippen molar-refractivity contribution >= 4 is 5.78 Å². The van der Waals surface area contributed by atoms with Crippen molar-refractivity contribution in [3.05, 3.63) is 35.9 Å². The zero-order chi connectivity index (χ0) is 6.69. The minimum absolute atomic E-state index is 0. The topological polar surface area (TPSA) is 17.1 Å². The van der Waals surface area contributed by atoms with E-state index in [4.69, 9.17) is 0 Å². The standard InChI is InChI=1S/C8H8O.Fe/c1-7(9)8-5-3-2-4-6-8;/h2-6H,1H3;. The van der Waals surface area contributed by atoms with E-state index in [0.29, 0.717) is 0 Å². The number of rotatable bonds is 1. The van der Waals surface area contributed by atoms with Gasteiger partial charge in [0.2, 0.25) is 0 Å². The van der Waals surface area contributed by atoms with Crippen LogP contribution in [0.15, 0.2) is 30.3 Å². The first-order chi connectivity index (χ1) is 4.30. The van der Waals surface area contributed by atoms with Crippen LogP contribution in [0.25, 0.3) is 0 Å². The maximum Gasteiger partial charge on any atom is 0.159 e. The fourth-order valence-electron chi connectivity index (χ4n) is 0.673. The van der Waals surface area contributed by atoms with E-state index in [9.17, 15) is 4.79 Å². The van der Waals surface area contributed by atoms with Crippen molar-refractivity contribution in [2.45, 2.75) is 6.92 Å². The fraction of sp³-hybridized carbons (Fsp3) is 0.125. The maximum atomic E-state index is 10.6. The number of ketones is 1. The van der Waals surface area contributed by atoms with Gasteiger partial charge in [0.15, 0.2) is 5.78 Å². The van der Waals surface area contributed by atoms with Crippen LogP contribution in [0.2, 0.25) is 0 Å². The van der Waals surface area contributed by atoms with E-state index in [1.807, 2.05) is 30.3 Å². The Kier molecular flexibility index (Phi) is 4.01. The van der Waals surface area contributed by atoms with Gasteiger partial charge < -0.3 is 0 Å². The Balaban J connectivity index is 0.000000810. The second-order valence-corrected chi connectivity index (χ2v) is 1.92. The van der Waals surface area contributed by atoms with Crippen LogP contribution in [-0.4, -0.2) is 5.78 Å². The number of carbonyl (C=O) groups is 1. The van der Waals surface area contributed by atoms with E-state index in [1.54, 1.807) is 6.92 Å². The van der Waals surface area contributed by atoms with Crippen LogP contribution in [0.1, 0.15) is 17.3 Å². The quantitative estimate of drug-likeness (QED) is 0.471. The van der Waals surface area contributed by atoms with E-state index in [0.717, 1.165) is 5.56 Å². The van der Waals surface area contributed by atoms with E-state index in [-0.39, 0.29) is 22.9 Å². The third-order valence-electron chi connectivity index (χ3n) is 1.18. The molecular formula is C8H8FeO. The summed E-state index contributed by atoms with van der Waals surface area (Å²) in [6, 6.07) is 9.23. The molecule has 0 fully saturated rings. The van der Waals surface area contributed by atoms with Gasteiger partial charge in [-0.15, -0.1) is 0 Å². The van der Waals surface area contributed by atoms with E-state index in [2.05, 4.69) is 0 Å². The summed E-state index contributed by atoms with van der Waals surface area (Å²) in [5.41, 5.74) is 0.775. The van der Waals surface area contributed by atoms with Crippen molar-refractivity contribution in [2.75, 3.05) is 0 Å². The number of carbonyl (C=O) groups excluding carboxylic acids is 1. The average Bonchev–Trinajstić information content (AvgIpc) is 1.90. The number of hydrogen-bond acceptors (Lipinski definition) is 1. The van der Waals surface area contributed by atoms with Gasteiger partial charge in [0, 0.05) is 22.6 Å². The first kappa shape index (κ1) is 9.41. The molecule has 0 saturated carbocycles. The van der Waals surface area contributed by atoms with Crippen LogP contribution in [0.5, 0.6) is 0 Å². The zero-order valence-corrected chi connectivity index (χ0v) is 6.75. The number of hydrogen-bond donors (Lipinski definition) is 0. The van der Waals surface area contributed by atoms with Gasteiger partial charge in [-0.3, -0.25) is 4.79 Å². The molecule has 1 aromatic carbocycles. The molecule has 1 nitrogen and oxygen atoms in total. The Morgan fingerprint density at radius 1 is 1.20 bits per heavy atom. The fourth-order valence-corrected chi connectivity index (χ4v) is 0.673. The van der Waals surface area contributed by atoms with Crippen LogP contribution < -0.4 is 0 Å². The molecule has 0 radical (unpaired) electrons. The maximum absolute atomic E-state index is 10.6. The summed E-state index contributed by atoms with van der Waals surface area (Å²) in [6.45, 7) is 1.56. The Labute approximate surface area is 70.9 Å².